The first-order valence-corrected chi connectivity index (χ1v) is 7.41. The lowest BCUT2D eigenvalue weighted by Gasteiger charge is -2.38. The van der Waals surface area contributed by atoms with Crippen LogP contribution in [-0.4, -0.2) is 19.1 Å². The largest absolute Gasteiger partial charge is 0.369 e. The third kappa shape index (κ3) is 2.97. The van der Waals surface area contributed by atoms with Crippen LogP contribution in [0.3, 0.4) is 0 Å². The quantitative estimate of drug-likeness (QED) is 0.913. The summed E-state index contributed by atoms with van der Waals surface area (Å²) < 4.78 is 0. The Kier molecular flexibility index (Phi) is 3.95. The highest BCUT2D eigenvalue weighted by Crippen LogP contribution is 2.30. The Morgan fingerprint density at radius 2 is 1.80 bits per heavy atom. The summed E-state index contributed by atoms with van der Waals surface area (Å²) >= 11 is 6.10. The summed E-state index contributed by atoms with van der Waals surface area (Å²) in [6, 6.07) is 18.9. The van der Waals surface area contributed by atoms with Crippen LogP contribution in [0.5, 0.6) is 0 Å². The van der Waals surface area contributed by atoms with Crippen molar-refractivity contribution in [3.63, 3.8) is 0 Å². The van der Waals surface area contributed by atoms with Gasteiger partial charge in [0.05, 0.1) is 0 Å². The van der Waals surface area contributed by atoms with E-state index in [1.807, 2.05) is 18.2 Å². The van der Waals surface area contributed by atoms with E-state index in [-0.39, 0.29) is 6.04 Å². The second-order valence-electron chi connectivity index (χ2n) is 5.49. The Bertz CT molecular complexity index is 570. The molecule has 104 valence electrons. The van der Waals surface area contributed by atoms with Crippen LogP contribution in [0.2, 0.25) is 5.02 Å². The molecule has 0 amide bonds. The van der Waals surface area contributed by atoms with Gasteiger partial charge in [-0.3, -0.25) is 0 Å². The van der Waals surface area contributed by atoms with E-state index in [4.69, 9.17) is 17.3 Å². The zero-order chi connectivity index (χ0) is 13.9. The number of piperidine rings is 1. The molecule has 1 heterocycles. The Labute approximate surface area is 125 Å². The van der Waals surface area contributed by atoms with Crippen LogP contribution in [-0.2, 0) is 0 Å². The van der Waals surface area contributed by atoms with Crippen molar-refractivity contribution in [3.05, 3.63) is 65.2 Å². The summed E-state index contributed by atoms with van der Waals surface area (Å²) in [4.78, 5) is 2.34. The van der Waals surface area contributed by atoms with E-state index in [9.17, 15) is 0 Å². The van der Waals surface area contributed by atoms with E-state index in [2.05, 4.69) is 41.3 Å². The topological polar surface area (TPSA) is 29.3 Å². The number of nitrogens with two attached hydrogens (primary N) is 1. The van der Waals surface area contributed by atoms with Crippen molar-refractivity contribution in [2.75, 3.05) is 18.0 Å². The summed E-state index contributed by atoms with van der Waals surface area (Å²) in [5, 5.41) is 0.776. The second kappa shape index (κ2) is 5.86. The minimum atomic E-state index is 0.202. The minimum Gasteiger partial charge on any atom is -0.369 e. The Morgan fingerprint density at radius 3 is 2.55 bits per heavy atom. The lowest BCUT2D eigenvalue weighted by molar-refractivity contribution is 0.454. The average molecular weight is 287 g/mol. The molecule has 2 unspecified atom stereocenters. The molecule has 0 radical (unpaired) electrons. The molecule has 3 rings (SSSR count). The first kappa shape index (κ1) is 13.5. The minimum absolute atomic E-state index is 0.202. The lowest BCUT2D eigenvalue weighted by Crippen LogP contribution is -2.46. The second-order valence-corrected chi connectivity index (χ2v) is 5.92. The average Bonchev–Trinajstić information content (AvgIpc) is 2.47. The fourth-order valence-corrected chi connectivity index (χ4v) is 3.17. The molecule has 1 saturated heterocycles. The van der Waals surface area contributed by atoms with Crippen molar-refractivity contribution in [1.29, 1.82) is 0 Å². The van der Waals surface area contributed by atoms with E-state index in [0.29, 0.717) is 5.92 Å². The molecular weight excluding hydrogens is 268 g/mol. The van der Waals surface area contributed by atoms with Gasteiger partial charge in [0.2, 0.25) is 0 Å². The maximum Gasteiger partial charge on any atom is 0.0426 e. The summed E-state index contributed by atoms with van der Waals surface area (Å²) in [7, 11) is 0. The van der Waals surface area contributed by atoms with Gasteiger partial charge >= 0.3 is 0 Å². The molecule has 3 heteroatoms. The van der Waals surface area contributed by atoms with Gasteiger partial charge in [0.25, 0.3) is 0 Å². The highest BCUT2D eigenvalue weighted by molar-refractivity contribution is 6.30. The Hall–Kier alpha value is -1.51. The molecule has 0 aliphatic carbocycles. The van der Waals surface area contributed by atoms with Crippen molar-refractivity contribution < 1.29 is 0 Å². The molecule has 0 spiro atoms. The standard InChI is InChI=1S/C17H19ClN2/c18-15-7-4-8-17(10-15)20-11-14(9-16(19)12-20)13-5-2-1-3-6-13/h1-8,10,14,16H,9,11-12,19H2. The molecule has 0 bridgehead atoms. The van der Waals surface area contributed by atoms with Crippen molar-refractivity contribution in [3.8, 4) is 0 Å². The number of hydrogen-bond acceptors (Lipinski definition) is 2. The van der Waals surface area contributed by atoms with Gasteiger partial charge < -0.3 is 10.6 Å². The van der Waals surface area contributed by atoms with Gasteiger partial charge in [0, 0.05) is 35.8 Å². The predicted octanol–water partition coefficient (Wildman–Crippen LogP) is 3.66. The van der Waals surface area contributed by atoms with E-state index in [0.717, 1.165) is 30.2 Å². The van der Waals surface area contributed by atoms with Gasteiger partial charge in [-0.05, 0) is 30.2 Å². The third-order valence-corrected chi connectivity index (χ3v) is 4.16. The van der Waals surface area contributed by atoms with E-state index in [1.165, 1.54) is 5.56 Å². The Balaban J connectivity index is 1.83. The summed E-state index contributed by atoms with van der Waals surface area (Å²) in [5.41, 5.74) is 8.78. The molecule has 2 aromatic carbocycles. The van der Waals surface area contributed by atoms with Gasteiger partial charge in [-0.1, -0.05) is 48.0 Å². The van der Waals surface area contributed by atoms with Crippen molar-refractivity contribution in [2.24, 2.45) is 5.73 Å². The lowest BCUT2D eigenvalue weighted by atomic mass is 9.88. The number of halogens is 1. The Morgan fingerprint density at radius 1 is 1.00 bits per heavy atom. The van der Waals surface area contributed by atoms with Crippen molar-refractivity contribution >= 4 is 17.3 Å². The molecule has 0 aromatic heterocycles. The molecule has 2 atom stereocenters. The summed E-state index contributed by atoms with van der Waals surface area (Å²) in [6.45, 7) is 1.89. The van der Waals surface area contributed by atoms with E-state index < -0.39 is 0 Å². The van der Waals surface area contributed by atoms with Gasteiger partial charge in [-0.2, -0.15) is 0 Å². The van der Waals surface area contributed by atoms with Gasteiger partial charge in [-0.25, -0.2) is 0 Å². The smallest absolute Gasteiger partial charge is 0.0426 e. The molecular formula is C17H19ClN2. The number of nitrogens with zero attached hydrogens (tertiary/aromatic N) is 1. The normalized spacial score (nSPS) is 22.8. The maximum atomic E-state index is 6.25. The SMILES string of the molecule is NC1CC(c2ccccc2)CN(c2cccc(Cl)c2)C1. The molecule has 2 N–H and O–H groups in total. The predicted molar refractivity (Wildman–Crippen MR) is 85.4 cm³/mol. The number of hydrogen-bond donors (Lipinski definition) is 1. The van der Waals surface area contributed by atoms with Crippen LogP contribution < -0.4 is 10.6 Å². The molecule has 0 saturated carbocycles. The van der Waals surface area contributed by atoms with Crippen LogP contribution in [0.25, 0.3) is 0 Å². The van der Waals surface area contributed by atoms with Crippen LogP contribution in [0.15, 0.2) is 54.6 Å². The first-order valence-electron chi connectivity index (χ1n) is 7.03. The number of rotatable bonds is 2. The summed E-state index contributed by atoms with van der Waals surface area (Å²) in [5.74, 6) is 0.485. The monoisotopic (exact) mass is 286 g/mol. The molecule has 1 fully saturated rings. The number of benzene rings is 2. The molecule has 20 heavy (non-hydrogen) atoms. The van der Waals surface area contributed by atoms with Crippen molar-refractivity contribution in [2.45, 2.75) is 18.4 Å². The summed E-state index contributed by atoms with van der Waals surface area (Å²) in [6.07, 6.45) is 1.04. The van der Waals surface area contributed by atoms with Gasteiger partial charge in [0.15, 0.2) is 0 Å². The third-order valence-electron chi connectivity index (χ3n) is 3.93. The first-order chi connectivity index (χ1) is 9.72. The molecule has 1 aliphatic heterocycles. The van der Waals surface area contributed by atoms with E-state index in [1.54, 1.807) is 0 Å². The van der Waals surface area contributed by atoms with Gasteiger partial charge in [-0.15, -0.1) is 0 Å². The fraction of sp³-hybridized carbons (Fsp3) is 0.294. The van der Waals surface area contributed by atoms with Crippen LogP contribution in [0.1, 0.15) is 17.9 Å². The zero-order valence-corrected chi connectivity index (χ0v) is 12.1. The fourth-order valence-electron chi connectivity index (χ4n) is 2.99. The van der Waals surface area contributed by atoms with Crippen LogP contribution in [0.4, 0.5) is 5.69 Å². The van der Waals surface area contributed by atoms with Gasteiger partial charge in [0.1, 0.15) is 0 Å². The van der Waals surface area contributed by atoms with Crippen LogP contribution >= 0.6 is 11.6 Å². The molecule has 2 nitrogen and oxygen atoms in total. The molecule has 1 aliphatic rings. The van der Waals surface area contributed by atoms with E-state index >= 15 is 0 Å². The van der Waals surface area contributed by atoms with Crippen molar-refractivity contribution in [1.82, 2.24) is 0 Å². The zero-order valence-electron chi connectivity index (χ0n) is 11.4. The highest BCUT2D eigenvalue weighted by Gasteiger charge is 2.26. The number of anilines is 1. The van der Waals surface area contributed by atoms with Crippen LogP contribution in [0, 0.1) is 0 Å². The maximum absolute atomic E-state index is 6.25. The molecule has 2 aromatic rings. The highest BCUT2D eigenvalue weighted by atomic mass is 35.5.